The third kappa shape index (κ3) is 3.26. The van der Waals surface area contributed by atoms with Gasteiger partial charge in [-0.05, 0) is 42.7 Å². The molecule has 3 aromatic rings. The average Bonchev–Trinajstić information content (AvgIpc) is 3.32. The Bertz CT molecular complexity index is 1040. The molecule has 0 atom stereocenters. The minimum absolute atomic E-state index is 0.0913. The van der Waals surface area contributed by atoms with Crippen LogP contribution in [0.5, 0.6) is 0 Å². The van der Waals surface area contributed by atoms with Crippen LogP contribution in [0.15, 0.2) is 24.3 Å². The summed E-state index contributed by atoms with van der Waals surface area (Å²) in [6.45, 7) is 3.36. The molecule has 0 fully saturated rings. The number of amides is 2. The number of hydrogen-bond acceptors (Lipinski definition) is 7. The molecule has 1 aliphatic rings. The van der Waals surface area contributed by atoms with Crippen molar-refractivity contribution in [3.63, 3.8) is 0 Å². The summed E-state index contributed by atoms with van der Waals surface area (Å²) in [7, 11) is 3.39. The molecule has 3 heterocycles. The smallest absolute Gasteiger partial charge is 0.254 e. The van der Waals surface area contributed by atoms with Crippen LogP contribution in [0.25, 0.3) is 10.8 Å². The lowest BCUT2D eigenvalue weighted by molar-refractivity contribution is 0.0707. The van der Waals surface area contributed by atoms with Gasteiger partial charge in [-0.3, -0.25) is 9.59 Å². The fourth-order valence-corrected chi connectivity index (χ4v) is 3.74. The Morgan fingerprint density at radius 3 is 2.43 bits per heavy atom. The third-order valence-corrected chi connectivity index (χ3v) is 5.35. The van der Waals surface area contributed by atoms with Crippen LogP contribution < -0.4 is 0 Å². The molecule has 10 heteroatoms. The highest BCUT2D eigenvalue weighted by Crippen LogP contribution is 2.24. The van der Waals surface area contributed by atoms with Gasteiger partial charge >= 0.3 is 0 Å². The molecule has 144 valence electrons. The molecule has 9 nitrogen and oxygen atoms in total. The lowest BCUT2D eigenvalue weighted by Crippen LogP contribution is -2.38. The normalized spacial score (nSPS) is 13.3. The first-order chi connectivity index (χ1) is 13.4. The summed E-state index contributed by atoms with van der Waals surface area (Å²) in [5.74, 6) is 1.94. The molecule has 28 heavy (non-hydrogen) atoms. The first-order valence-corrected chi connectivity index (χ1v) is 9.55. The second-order valence-corrected chi connectivity index (χ2v) is 7.49. The maximum atomic E-state index is 12.9. The first-order valence-electron chi connectivity index (χ1n) is 8.78. The summed E-state index contributed by atoms with van der Waals surface area (Å²) in [5.41, 5.74) is 1.10. The number of benzene rings is 1. The van der Waals surface area contributed by atoms with Gasteiger partial charge in [0.2, 0.25) is 0 Å². The van der Waals surface area contributed by atoms with Gasteiger partial charge in [-0.25, -0.2) is 4.98 Å². The van der Waals surface area contributed by atoms with Crippen LogP contribution in [-0.4, -0.2) is 66.4 Å². The van der Waals surface area contributed by atoms with Crippen molar-refractivity contribution in [1.82, 2.24) is 33.9 Å². The van der Waals surface area contributed by atoms with E-state index in [-0.39, 0.29) is 11.8 Å². The van der Waals surface area contributed by atoms with Crippen molar-refractivity contribution in [1.29, 1.82) is 0 Å². The van der Waals surface area contributed by atoms with Crippen LogP contribution in [0.3, 0.4) is 0 Å². The zero-order chi connectivity index (χ0) is 19.8. The second-order valence-electron chi connectivity index (χ2n) is 6.74. The molecule has 2 amide bonds. The van der Waals surface area contributed by atoms with E-state index in [1.54, 1.807) is 43.3 Å². The number of carbonyl (C=O) groups excluding carboxylic acids is 2. The zero-order valence-corrected chi connectivity index (χ0v) is 16.6. The molecular formula is C18H19N7O2S. The molecule has 2 aromatic heterocycles. The SMILES string of the molecule is Cc1nsc(-c2nnc3n2CCN(C(=O)c2ccc(C(=O)N(C)C)cc2)C3)n1. The number of aryl methyl sites for hydroxylation is 1. The Hall–Kier alpha value is -3.14. The molecule has 1 aromatic carbocycles. The van der Waals surface area contributed by atoms with Gasteiger partial charge < -0.3 is 14.4 Å². The Labute approximate surface area is 165 Å². The van der Waals surface area contributed by atoms with E-state index >= 15 is 0 Å². The molecule has 0 radical (unpaired) electrons. The minimum Gasteiger partial charge on any atom is -0.345 e. The van der Waals surface area contributed by atoms with Gasteiger partial charge in [0.15, 0.2) is 16.7 Å². The summed E-state index contributed by atoms with van der Waals surface area (Å²) in [5, 5.41) is 9.20. The van der Waals surface area contributed by atoms with E-state index in [0.717, 1.165) is 10.8 Å². The van der Waals surface area contributed by atoms with E-state index in [1.165, 1.54) is 16.4 Å². The highest BCUT2D eigenvalue weighted by Gasteiger charge is 2.27. The lowest BCUT2D eigenvalue weighted by atomic mass is 10.1. The van der Waals surface area contributed by atoms with Crippen molar-refractivity contribution in [2.45, 2.75) is 20.0 Å². The molecule has 0 spiro atoms. The van der Waals surface area contributed by atoms with E-state index < -0.39 is 0 Å². The van der Waals surface area contributed by atoms with Crippen LogP contribution in [0.1, 0.15) is 32.4 Å². The highest BCUT2D eigenvalue weighted by atomic mass is 32.1. The number of hydrogen-bond donors (Lipinski definition) is 0. The van der Waals surface area contributed by atoms with Gasteiger partial charge in [-0.1, -0.05) is 0 Å². The van der Waals surface area contributed by atoms with Crippen molar-refractivity contribution >= 4 is 23.3 Å². The van der Waals surface area contributed by atoms with E-state index in [2.05, 4.69) is 19.6 Å². The molecule has 0 aliphatic carbocycles. The summed E-state index contributed by atoms with van der Waals surface area (Å²) < 4.78 is 6.18. The van der Waals surface area contributed by atoms with Gasteiger partial charge in [0.1, 0.15) is 5.82 Å². The van der Waals surface area contributed by atoms with Gasteiger partial charge in [0, 0.05) is 38.3 Å². The van der Waals surface area contributed by atoms with Crippen molar-refractivity contribution in [2.75, 3.05) is 20.6 Å². The van der Waals surface area contributed by atoms with Crippen LogP contribution in [-0.2, 0) is 13.1 Å². The number of fused-ring (bicyclic) bond motifs is 1. The average molecular weight is 397 g/mol. The van der Waals surface area contributed by atoms with E-state index in [9.17, 15) is 9.59 Å². The molecule has 0 N–H and O–H groups in total. The Kier molecular flexibility index (Phi) is 4.63. The first kappa shape index (κ1) is 18.2. The predicted octanol–water partition coefficient (Wildman–Crippen LogP) is 1.46. The van der Waals surface area contributed by atoms with Crippen molar-refractivity contribution in [3.8, 4) is 10.8 Å². The largest absolute Gasteiger partial charge is 0.345 e. The Morgan fingerprint density at radius 2 is 1.79 bits per heavy atom. The van der Waals surface area contributed by atoms with Gasteiger partial charge in [0.05, 0.1) is 6.54 Å². The van der Waals surface area contributed by atoms with Crippen LogP contribution in [0.2, 0.25) is 0 Å². The number of nitrogens with zero attached hydrogens (tertiary/aromatic N) is 7. The number of carbonyl (C=O) groups is 2. The highest BCUT2D eigenvalue weighted by molar-refractivity contribution is 7.09. The van der Waals surface area contributed by atoms with Gasteiger partial charge in [-0.15, -0.1) is 10.2 Å². The quantitative estimate of drug-likeness (QED) is 0.664. The van der Waals surface area contributed by atoms with Gasteiger partial charge in [-0.2, -0.15) is 4.37 Å². The molecule has 0 unspecified atom stereocenters. The molecule has 0 saturated carbocycles. The minimum atomic E-state index is -0.0930. The standard InChI is InChI=1S/C18H19N7O2S/c1-11-19-16(28-22-11)15-21-20-14-10-24(8-9-25(14)15)18(27)13-6-4-12(5-7-13)17(26)23(2)3/h4-7H,8-10H2,1-3H3. The predicted molar refractivity (Wildman–Crippen MR) is 103 cm³/mol. The zero-order valence-electron chi connectivity index (χ0n) is 15.8. The van der Waals surface area contributed by atoms with E-state index in [0.29, 0.717) is 42.4 Å². The summed E-state index contributed by atoms with van der Waals surface area (Å²) in [4.78, 5) is 32.5. The summed E-state index contributed by atoms with van der Waals surface area (Å²) >= 11 is 1.29. The Morgan fingerprint density at radius 1 is 1.07 bits per heavy atom. The fraction of sp³-hybridized carbons (Fsp3) is 0.333. The van der Waals surface area contributed by atoms with Crippen LogP contribution in [0, 0.1) is 6.92 Å². The van der Waals surface area contributed by atoms with Crippen molar-refractivity contribution < 1.29 is 9.59 Å². The third-order valence-electron chi connectivity index (χ3n) is 4.54. The lowest BCUT2D eigenvalue weighted by Gasteiger charge is -2.27. The molecule has 1 aliphatic heterocycles. The number of aromatic nitrogens is 5. The topological polar surface area (TPSA) is 97.1 Å². The monoisotopic (exact) mass is 397 g/mol. The van der Waals surface area contributed by atoms with Crippen LogP contribution >= 0.6 is 11.5 Å². The molecule has 0 saturated heterocycles. The molecule has 4 rings (SSSR count). The summed E-state index contributed by atoms with van der Waals surface area (Å²) in [6.07, 6.45) is 0. The summed E-state index contributed by atoms with van der Waals surface area (Å²) in [6, 6.07) is 6.73. The fourth-order valence-electron chi connectivity index (χ4n) is 3.07. The molecule has 0 bridgehead atoms. The maximum absolute atomic E-state index is 12.9. The Balaban J connectivity index is 1.51. The van der Waals surface area contributed by atoms with Crippen LogP contribution in [0.4, 0.5) is 0 Å². The molecular weight excluding hydrogens is 378 g/mol. The maximum Gasteiger partial charge on any atom is 0.254 e. The van der Waals surface area contributed by atoms with Crippen molar-refractivity contribution in [3.05, 3.63) is 47.0 Å². The van der Waals surface area contributed by atoms with Crippen molar-refractivity contribution in [2.24, 2.45) is 0 Å². The number of rotatable bonds is 3. The van der Waals surface area contributed by atoms with E-state index in [4.69, 9.17) is 0 Å². The van der Waals surface area contributed by atoms with Gasteiger partial charge in [0.25, 0.3) is 11.8 Å². The van der Waals surface area contributed by atoms with E-state index in [1.807, 2.05) is 11.5 Å². The second kappa shape index (κ2) is 7.12.